The summed E-state index contributed by atoms with van der Waals surface area (Å²) >= 11 is 6.20. The third-order valence-corrected chi connectivity index (χ3v) is 4.29. The highest BCUT2D eigenvalue weighted by Crippen LogP contribution is 2.35. The van der Waals surface area contributed by atoms with Crippen molar-refractivity contribution < 1.29 is 13.9 Å². The van der Waals surface area contributed by atoms with Gasteiger partial charge >= 0.3 is 5.97 Å². The molecule has 0 aliphatic heterocycles. The molecule has 0 radical (unpaired) electrons. The maximum atomic E-state index is 14.4. The van der Waals surface area contributed by atoms with Gasteiger partial charge in [-0.05, 0) is 41.6 Å². The van der Waals surface area contributed by atoms with Crippen molar-refractivity contribution in [3.8, 4) is 11.3 Å². The molecule has 5 heteroatoms. The first kappa shape index (κ1) is 16.4. The van der Waals surface area contributed by atoms with Crippen LogP contribution in [-0.4, -0.2) is 18.1 Å². The summed E-state index contributed by atoms with van der Waals surface area (Å²) in [4.78, 5) is 16.3. The van der Waals surface area contributed by atoms with E-state index >= 15 is 0 Å². The summed E-state index contributed by atoms with van der Waals surface area (Å²) in [6.07, 6.45) is 2.49. The number of nitrogens with zero attached hydrogens (tertiary/aromatic N) is 1. The second kappa shape index (κ2) is 6.57. The first-order valence-corrected chi connectivity index (χ1v) is 7.89. The van der Waals surface area contributed by atoms with Crippen LogP contribution >= 0.6 is 11.6 Å². The molecule has 0 amide bonds. The Bertz CT molecular complexity index is 920. The van der Waals surface area contributed by atoms with Gasteiger partial charge < -0.3 is 4.74 Å². The highest BCUT2D eigenvalue weighted by Gasteiger charge is 2.17. The zero-order valence-electron chi connectivity index (χ0n) is 13.3. The number of hydrogen-bond acceptors (Lipinski definition) is 3. The van der Waals surface area contributed by atoms with Crippen LogP contribution in [0.2, 0.25) is 5.02 Å². The number of esters is 1. The molecule has 3 rings (SSSR count). The summed E-state index contributed by atoms with van der Waals surface area (Å²) in [5, 5.41) is 1.86. The number of aryl methyl sites for hydroxylation is 1. The van der Waals surface area contributed by atoms with E-state index in [0.717, 1.165) is 17.4 Å². The normalized spacial score (nSPS) is 10.8. The minimum absolute atomic E-state index is 0.230. The number of rotatable bonds is 3. The van der Waals surface area contributed by atoms with E-state index in [1.54, 1.807) is 30.5 Å². The zero-order chi connectivity index (χ0) is 17.3. The molecule has 0 bridgehead atoms. The smallest absolute Gasteiger partial charge is 0.337 e. The van der Waals surface area contributed by atoms with Crippen LogP contribution in [0.25, 0.3) is 22.0 Å². The van der Waals surface area contributed by atoms with Crippen molar-refractivity contribution >= 4 is 28.3 Å². The molecule has 0 spiro atoms. The van der Waals surface area contributed by atoms with Gasteiger partial charge in [0.25, 0.3) is 0 Å². The Balaban J connectivity index is 2.37. The molecular formula is C19H15ClFNO2. The SMILES string of the molecule is CCc1cnc(-c2c(F)cccc2Cl)c2cc(C(=O)OC)ccc12. The van der Waals surface area contributed by atoms with E-state index in [1.807, 2.05) is 13.0 Å². The predicted octanol–water partition coefficient (Wildman–Crippen LogP) is 5.04. The largest absolute Gasteiger partial charge is 0.465 e. The topological polar surface area (TPSA) is 39.2 Å². The van der Waals surface area contributed by atoms with Gasteiger partial charge in [-0.15, -0.1) is 0 Å². The molecule has 0 saturated carbocycles. The molecule has 0 unspecified atom stereocenters. The molecule has 1 heterocycles. The maximum Gasteiger partial charge on any atom is 0.337 e. The summed E-state index contributed by atoms with van der Waals surface area (Å²) in [7, 11) is 1.32. The molecule has 0 aliphatic carbocycles. The number of pyridine rings is 1. The molecule has 3 nitrogen and oxygen atoms in total. The number of methoxy groups -OCH3 is 1. The average Bonchev–Trinajstić information content (AvgIpc) is 2.60. The van der Waals surface area contributed by atoms with Crippen LogP contribution in [0, 0.1) is 5.82 Å². The van der Waals surface area contributed by atoms with E-state index < -0.39 is 11.8 Å². The molecular weight excluding hydrogens is 329 g/mol. The van der Waals surface area contributed by atoms with Gasteiger partial charge in [0.1, 0.15) is 5.82 Å². The maximum absolute atomic E-state index is 14.4. The lowest BCUT2D eigenvalue weighted by Gasteiger charge is -2.12. The van der Waals surface area contributed by atoms with Crippen LogP contribution in [0.15, 0.2) is 42.6 Å². The predicted molar refractivity (Wildman–Crippen MR) is 92.9 cm³/mol. The number of ether oxygens (including phenoxy) is 1. The second-order valence-electron chi connectivity index (χ2n) is 5.33. The van der Waals surface area contributed by atoms with Crippen molar-refractivity contribution in [2.24, 2.45) is 0 Å². The number of fused-ring (bicyclic) bond motifs is 1. The van der Waals surface area contributed by atoms with Crippen LogP contribution < -0.4 is 0 Å². The van der Waals surface area contributed by atoms with Crippen molar-refractivity contribution in [2.45, 2.75) is 13.3 Å². The Morgan fingerprint density at radius 1 is 1.25 bits per heavy atom. The van der Waals surface area contributed by atoms with E-state index in [9.17, 15) is 9.18 Å². The van der Waals surface area contributed by atoms with E-state index in [1.165, 1.54) is 13.2 Å². The highest BCUT2D eigenvalue weighted by atomic mass is 35.5. The number of benzene rings is 2. The Hall–Kier alpha value is -2.46. The van der Waals surface area contributed by atoms with Crippen LogP contribution in [-0.2, 0) is 11.2 Å². The molecule has 1 aromatic heterocycles. The molecule has 2 aromatic carbocycles. The van der Waals surface area contributed by atoms with Crippen LogP contribution in [0.4, 0.5) is 4.39 Å². The van der Waals surface area contributed by atoms with Crippen LogP contribution in [0.1, 0.15) is 22.8 Å². The van der Waals surface area contributed by atoms with Gasteiger partial charge in [0.05, 0.1) is 29.0 Å². The first-order chi connectivity index (χ1) is 11.6. The summed E-state index contributed by atoms with van der Waals surface area (Å²) in [6, 6.07) is 9.70. The monoisotopic (exact) mass is 343 g/mol. The molecule has 0 N–H and O–H groups in total. The van der Waals surface area contributed by atoms with Crippen molar-refractivity contribution in [2.75, 3.05) is 7.11 Å². The number of carbonyl (C=O) groups excluding carboxylic acids is 1. The van der Waals surface area contributed by atoms with E-state index in [-0.39, 0.29) is 10.6 Å². The average molecular weight is 344 g/mol. The highest BCUT2D eigenvalue weighted by molar-refractivity contribution is 6.33. The zero-order valence-corrected chi connectivity index (χ0v) is 14.0. The van der Waals surface area contributed by atoms with Gasteiger partial charge in [-0.2, -0.15) is 0 Å². The van der Waals surface area contributed by atoms with Crippen LogP contribution in [0.3, 0.4) is 0 Å². The molecule has 24 heavy (non-hydrogen) atoms. The summed E-state index contributed by atoms with van der Waals surface area (Å²) in [5.41, 5.74) is 2.04. The number of carbonyl (C=O) groups is 1. The fourth-order valence-corrected chi connectivity index (χ4v) is 3.00. The van der Waals surface area contributed by atoms with Gasteiger partial charge in [0, 0.05) is 11.6 Å². The Morgan fingerprint density at radius 3 is 2.71 bits per heavy atom. The standard InChI is InChI=1S/C19H15ClFNO2/c1-3-11-10-22-18(17-15(20)5-4-6-16(17)21)14-9-12(19(23)24-2)7-8-13(11)14/h4-10H,3H2,1-2H3. The molecule has 0 fully saturated rings. The lowest BCUT2D eigenvalue weighted by atomic mass is 9.97. The lowest BCUT2D eigenvalue weighted by Crippen LogP contribution is -2.02. The minimum atomic E-state index is -0.455. The quantitative estimate of drug-likeness (QED) is 0.625. The van der Waals surface area contributed by atoms with E-state index in [2.05, 4.69) is 4.98 Å². The third-order valence-electron chi connectivity index (χ3n) is 3.97. The third kappa shape index (κ3) is 2.74. The molecule has 3 aromatic rings. The number of halogens is 2. The molecule has 0 saturated heterocycles. The Kier molecular flexibility index (Phi) is 4.49. The summed E-state index contributed by atoms with van der Waals surface area (Å²) in [6.45, 7) is 2.01. The minimum Gasteiger partial charge on any atom is -0.465 e. The number of hydrogen-bond donors (Lipinski definition) is 0. The lowest BCUT2D eigenvalue weighted by molar-refractivity contribution is 0.0601. The van der Waals surface area contributed by atoms with E-state index in [4.69, 9.17) is 16.3 Å². The van der Waals surface area contributed by atoms with Gasteiger partial charge in [-0.25, -0.2) is 9.18 Å². The Morgan fingerprint density at radius 2 is 2.04 bits per heavy atom. The summed E-state index contributed by atoms with van der Waals surface area (Å²) < 4.78 is 19.1. The fourth-order valence-electron chi connectivity index (χ4n) is 2.75. The van der Waals surface area contributed by atoms with Crippen LogP contribution in [0.5, 0.6) is 0 Å². The number of aromatic nitrogens is 1. The van der Waals surface area contributed by atoms with Gasteiger partial charge in [0.2, 0.25) is 0 Å². The van der Waals surface area contributed by atoms with Crippen molar-refractivity contribution in [1.29, 1.82) is 0 Å². The summed E-state index contributed by atoms with van der Waals surface area (Å²) in [5.74, 6) is -0.909. The van der Waals surface area contributed by atoms with E-state index in [0.29, 0.717) is 16.6 Å². The van der Waals surface area contributed by atoms with Crippen molar-refractivity contribution in [1.82, 2.24) is 4.98 Å². The van der Waals surface area contributed by atoms with Crippen molar-refractivity contribution in [3.63, 3.8) is 0 Å². The molecule has 0 atom stereocenters. The van der Waals surface area contributed by atoms with Gasteiger partial charge in [-0.3, -0.25) is 4.98 Å². The van der Waals surface area contributed by atoms with Crippen molar-refractivity contribution in [3.05, 3.63) is 64.6 Å². The van der Waals surface area contributed by atoms with Gasteiger partial charge in [0.15, 0.2) is 0 Å². The second-order valence-corrected chi connectivity index (χ2v) is 5.74. The molecule has 122 valence electrons. The van der Waals surface area contributed by atoms with Gasteiger partial charge in [-0.1, -0.05) is 30.7 Å². The Labute approximate surface area is 144 Å². The fraction of sp³-hybridized carbons (Fsp3) is 0.158. The first-order valence-electron chi connectivity index (χ1n) is 7.51. The molecule has 0 aliphatic rings.